The molecule has 0 fully saturated rings. The van der Waals surface area contributed by atoms with Crippen molar-refractivity contribution in [2.45, 2.75) is 0 Å². The van der Waals surface area contributed by atoms with Crippen LogP contribution >= 0.6 is 0 Å². The van der Waals surface area contributed by atoms with Crippen LogP contribution in [0.1, 0.15) is 0 Å². The molecule has 0 saturated carbocycles. The average Bonchev–Trinajstić information content (AvgIpc) is 3.68. The fourth-order valence-corrected chi connectivity index (χ4v) is 8.46. The summed E-state index contributed by atoms with van der Waals surface area (Å²) >= 11 is 0. The molecule has 0 aliphatic rings. The highest BCUT2D eigenvalue weighted by molar-refractivity contribution is 6.11. The van der Waals surface area contributed by atoms with Crippen LogP contribution in [-0.4, -0.2) is 19.5 Å². The zero-order valence-electron chi connectivity index (χ0n) is 33.2. The van der Waals surface area contributed by atoms with Crippen LogP contribution in [-0.2, 0) is 0 Å². The van der Waals surface area contributed by atoms with Gasteiger partial charge in [-0.25, -0.2) is 15.0 Å². The van der Waals surface area contributed by atoms with E-state index in [9.17, 15) is 0 Å². The van der Waals surface area contributed by atoms with Crippen molar-refractivity contribution in [1.82, 2.24) is 19.5 Å². The summed E-state index contributed by atoms with van der Waals surface area (Å²) in [7, 11) is 0. The highest BCUT2D eigenvalue weighted by Crippen LogP contribution is 2.40. The van der Waals surface area contributed by atoms with Gasteiger partial charge in [0.05, 0.1) is 16.7 Å². The minimum absolute atomic E-state index is 0.599. The molecule has 2 aromatic heterocycles. The second kappa shape index (κ2) is 15.5. The van der Waals surface area contributed by atoms with E-state index in [-0.39, 0.29) is 0 Å². The summed E-state index contributed by atoms with van der Waals surface area (Å²) in [6.07, 6.45) is 0. The van der Waals surface area contributed by atoms with Gasteiger partial charge in [-0.15, -0.1) is 0 Å². The largest absolute Gasteiger partial charge is 0.309 e. The summed E-state index contributed by atoms with van der Waals surface area (Å²) in [5.74, 6) is 1.82. The molecule has 4 nitrogen and oxygen atoms in total. The Morgan fingerprint density at radius 1 is 0.246 bits per heavy atom. The number of para-hydroxylation sites is 1. The Morgan fingerprint density at radius 3 is 1.18 bits per heavy atom. The predicted octanol–water partition coefficient (Wildman–Crippen LogP) is 14.6. The maximum atomic E-state index is 5.29. The van der Waals surface area contributed by atoms with Gasteiger partial charge in [0.15, 0.2) is 17.5 Å². The number of fused-ring (bicyclic) bond motifs is 3. The minimum Gasteiger partial charge on any atom is -0.309 e. The summed E-state index contributed by atoms with van der Waals surface area (Å²) in [4.78, 5) is 15.8. The SMILES string of the molecule is c1ccc(-c2cccc(-c3nc(-c4cccc(-c5ccccc5)c4)nc(-c4ccc(-c5ccccc5)c(-n5c6ccccc6c6ccc(-c7ccccc7)cc65)c4)n3)c2)cc1. The standard InChI is InChI=1S/C57H38N4/c1-5-17-39(18-6-1)43-25-15-27-46(35-43)55-58-56(47-28-16-26-44(36-47)40-19-7-2-8-20-40)60-57(59-55)48-32-33-49(42-23-11-4-12-24-42)53(38-48)61-52-30-14-13-29-50(52)51-34-31-45(37-54(51)61)41-21-9-3-10-22-41/h1-38H. The van der Waals surface area contributed by atoms with E-state index in [0.29, 0.717) is 17.5 Å². The van der Waals surface area contributed by atoms with E-state index in [4.69, 9.17) is 15.0 Å². The summed E-state index contributed by atoms with van der Waals surface area (Å²) in [6.45, 7) is 0. The van der Waals surface area contributed by atoms with Crippen LogP contribution in [0.2, 0.25) is 0 Å². The Kier molecular flexibility index (Phi) is 9.14. The molecular formula is C57H38N4. The van der Waals surface area contributed by atoms with E-state index in [0.717, 1.165) is 72.4 Å². The van der Waals surface area contributed by atoms with Crippen LogP contribution in [0.25, 0.3) is 106 Å². The molecule has 0 aliphatic carbocycles. The molecule has 0 radical (unpaired) electrons. The number of rotatable bonds is 8. The molecule has 286 valence electrons. The van der Waals surface area contributed by atoms with Gasteiger partial charge in [0.25, 0.3) is 0 Å². The van der Waals surface area contributed by atoms with Crippen molar-refractivity contribution in [3.8, 4) is 84.4 Å². The maximum absolute atomic E-state index is 5.29. The number of hydrogen-bond acceptors (Lipinski definition) is 3. The highest BCUT2D eigenvalue weighted by Gasteiger charge is 2.20. The van der Waals surface area contributed by atoms with Crippen LogP contribution in [0.4, 0.5) is 0 Å². The maximum Gasteiger partial charge on any atom is 0.164 e. The van der Waals surface area contributed by atoms with Gasteiger partial charge >= 0.3 is 0 Å². The van der Waals surface area contributed by atoms with E-state index in [1.165, 1.54) is 16.3 Å². The number of nitrogens with zero attached hydrogens (tertiary/aromatic N) is 4. The first-order valence-electron chi connectivity index (χ1n) is 20.6. The van der Waals surface area contributed by atoms with Gasteiger partial charge in [-0.2, -0.15) is 0 Å². The van der Waals surface area contributed by atoms with Crippen molar-refractivity contribution in [2.24, 2.45) is 0 Å². The normalized spacial score (nSPS) is 11.3. The quantitative estimate of drug-likeness (QED) is 0.154. The molecule has 9 aromatic carbocycles. The Bertz CT molecular complexity index is 3240. The van der Waals surface area contributed by atoms with Crippen molar-refractivity contribution >= 4 is 21.8 Å². The Morgan fingerprint density at radius 2 is 0.639 bits per heavy atom. The van der Waals surface area contributed by atoms with Gasteiger partial charge in [0, 0.05) is 33.0 Å². The first-order chi connectivity index (χ1) is 30.2. The third kappa shape index (κ3) is 6.86. The van der Waals surface area contributed by atoms with E-state index in [1.54, 1.807) is 0 Å². The summed E-state index contributed by atoms with van der Waals surface area (Å²) < 4.78 is 2.42. The van der Waals surface area contributed by atoms with Crippen molar-refractivity contribution in [3.05, 3.63) is 231 Å². The fourth-order valence-electron chi connectivity index (χ4n) is 8.46. The Balaban J connectivity index is 1.15. The van der Waals surface area contributed by atoms with Gasteiger partial charge in [0.2, 0.25) is 0 Å². The summed E-state index contributed by atoms with van der Waals surface area (Å²) in [5.41, 5.74) is 15.1. The van der Waals surface area contributed by atoms with Crippen LogP contribution in [0.5, 0.6) is 0 Å². The number of aromatic nitrogens is 4. The van der Waals surface area contributed by atoms with Crippen molar-refractivity contribution in [2.75, 3.05) is 0 Å². The van der Waals surface area contributed by atoms with E-state index in [1.807, 2.05) is 12.1 Å². The van der Waals surface area contributed by atoms with Crippen molar-refractivity contribution in [3.63, 3.8) is 0 Å². The number of benzene rings is 9. The molecule has 0 saturated heterocycles. The van der Waals surface area contributed by atoms with Gasteiger partial charge in [-0.1, -0.05) is 200 Å². The average molecular weight is 779 g/mol. The molecule has 0 bridgehead atoms. The molecule has 0 amide bonds. The summed E-state index contributed by atoms with van der Waals surface area (Å²) in [5, 5.41) is 2.39. The first kappa shape index (κ1) is 35.9. The summed E-state index contributed by atoms with van der Waals surface area (Å²) in [6, 6.07) is 81.2. The molecule has 11 aromatic rings. The second-order valence-electron chi connectivity index (χ2n) is 15.2. The zero-order chi connectivity index (χ0) is 40.5. The topological polar surface area (TPSA) is 43.6 Å². The zero-order valence-corrected chi connectivity index (χ0v) is 33.2. The fraction of sp³-hybridized carbons (Fsp3) is 0. The first-order valence-corrected chi connectivity index (χ1v) is 20.6. The third-order valence-corrected chi connectivity index (χ3v) is 11.5. The molecule has 0 atom stereocenters. The van der Waals surface area contributed by atoms with E-state index < -0.39 is 0 Å². The molecule has 0 aliphatic heterocycles. The molecule has 2 heterocycles. The highest BCUT2D eigenvalue weighted by atomic mass is 15.0. The molecular weight excluding hydrogens is 741 g/mol. The smallest absolute Gasteiger partial charge is 0.164 e. The second-order valence-corrected chi connectivity index (χ2v) is 15.2. The van der Waals surface area contributed by atoms with Gasteiger partial charge in [-0.05, 0) is 69.3 Å². The van der Waals surface area contributed by atoms with Crippen LogP contribution in [0, 0.1) is 0 Å². The van der Waals surface area contributed by atoms with Crippen LogP contribution in [0.3, 0.4) is 0 Å². The lowest BCUT2D eigenvalue weighted by Gasteiger charge is -2.17. The molecule has 61 heavy (non-hydrogen) atoms. The van der Waals surface area contributed by atoms with Crippen molar-refractivity contribution in [1.29, 1.82) is 0 Å². The molecule has 0 unspecified atom stereocenters. The monoisotopic (exact) mass is 778 g/mol. The molecule has 4 heteroatoms. The minimum atomic E-state index is 0.599. The van der Waals surface area contributed by atoms with Crippen LogP contribution < -0.4 is 0 Å². The lowest BCUT2D eigenvalue weighted by molar-refractivity contribution is 1.07. The Labute approximate surface area is 354 Å². The molecule has 11 rings (SSSR count). The van der Waals surface area contributed by atoms with E-state index >= 15 is 0 Å². The van der Waals surface area contributed by atoms with Gasteiger partial charge in [0.1, 0.15) is 0 Å². The molecule has 0 N–H and O–H groups in total. The van der Waals surface area contributed by atoms with Gasteiger partial charge in [-0.3, -0.25) is 0 Å². The van der Waals surface area contributed by atoms with Gasteiger partial charge < -0.3 is 4.57 Å². The lowest BCUT2D eigenvalue weighted by Crippen LogP contribution is -2.02. The van der Waals surface area contributed by atoms with E-state index in [2.05, 4.69) is 223 Å². The van der Waals surface area contributed by atoms with Crippen molar-refractivity contribution < 1.29 is 0 Å². The third-order valence-electron chi connectivity index (χ3n) is 11.5. The van der Waals surface area contributed by atoms with Crippen LogP contribution in [0.15, 0.2) is 231 Å². The molecule has 0 spiro atoms. The Hall–Kier alpha value is -8.21. The lowest BCUT2D eigenvalue weighted by atomic mass is 10.00. The number of hydrogen-bond donors (Lipinski definition) is 0. The predicted molar refractivity (Wildman–Crippen MR) is 252 cm³/mol.